The maximum atomic E-state index is 3.47. The maximum Gasteiger partial charge on any atom is 0.00470 e. The van der Waals surface area contributed by atoms with Crippen LogP contribution in [0.3, 0.4) is 0 Å². The molecule has 0 saturated heterocycles. The van der Waals surface area contributed by atoms with Crippen molar-refractivity contribution in [2.24, 2.45) is 0 Å². The summed E-state index contributed by atoms with van der Waals surface area (Å²) >= 11 is 2.21. The molecule has 14 heavy (non-hydrogen) atoms. The highest BCUT2D eigenvalue weighted by Crippen LogP contribution is 2.28. The van der Waals surface area contributed by atoms with E-state index in [-0.39, 0.29) is 0 Å². The molecule has 0 bridgehead atoms. The first-order valence-corrected chi connectivity index (χ1v) is 7.19. The lowest BCUT2D eigenvalue weighted by atomic mass is 10.0. The van der Waals surface area contributed by atoms with Crippen molar-refractivity contribution in [2.45, 2.75) is 63.7 Å². The summed E-state index contributed by atoms with van der Waals surface area (Å²) in [7, 11) is 0. The van der Waals surface area contributed by atoms with Gasteiger partial charge in [-0.05, 0) is 31.6 Å². The highest BCUT2D eigenvalue weighted by atomic mass is 32.2. The number of thioether (sulfide) groups is 1. The molecule has 1 fully saturated rings. The van der Waals surface area contributed by atoms with Crippen molar-refractivity contribution in [1.29, 1.82) is 0 Å². The lowest BCUT2D eigenvalue weighted by Crippen LogP contribution is -2.24. The van der Waals surface area contributed by atoms with Crippen molar-refractivity contribution in [3.8, 4) is 0 Å². The van der Waals surface area contributed by atoms with Crippen LogP contribution >= 0.6 is 11.8 Å². The predicted octanol–water partition coefficient (Wildman–Crippen LogP) is 3.44. The third-order valence-corrected chi connectivity index (χ3v) is 4.25. The van der Waals surface area contributed by atoms with Gasteiger partial charge in [-0.3, -0.25) is 0 Å². The lowest BCUT2D eigenvalue weighted by Gasteiger charge is -2.20. The first kappa shape index (κ1) is 12.4. The monoisotopic (exact) mass is 215 g/mol. The summed E-state index contributed by atoms with van der Waals surface area (Å²) in [6.45, 7) is 5.62. The molecule has 1 aliphatic carbocycles. The van der Waals surface area contributed by atoms with E-state index in [2.05, 4.69) is 30.9 Å². The van der Waals surface area contributed by atoms with Gasteiger partial charge in [0.2, 0.25) is 0 Å². The molecule has 0 aliphatic heterocycles. The molecule has 1 aliphatic rings. The molecule has 2 heteroatoms. The number of hydrogen-bond acceptors (Lipinski definition) is 2. The Labute approximate surface area is 93.4 Å². The molecule has 0 heterocycles. The average molecular weight is 215 g/mol. The molecule has 0 unspecified atom stereocenters. The molecule has 0 radical (unpaired) electrons. The van der Waals surface area contributed by atoms with E-state index in [0.717, 1.165) is 5.25 Å². The van der Waals surface area contributed by atoms with Crippen molar-refractivity contribution in [1.82, 2.24) is 5.32 Å². The molecule has 0 aromatic rings. The molecule has 1 nitrogen and oxygen atoms in total. The van der Waals surface area contributed by atoms with Gasteiger partial charge in [0, 0.05) is 11.3 Å². The van der Waals surface area contributed by atoms with Crippen molar-refractivity contribution >= 4 is 11.8 Å². The summed E-state index contributed by atoms with van der Waals surface area (Å²) in [5.74, 6) is 1.35. The molecule has 0 aromatic heterocycles. The van der Waals surface area contributed by atoms with Gasteiger partial charge in [-0.15, -0.1) is 0 Å². The van der Waals surface area contributed by atoms with E-state index in [0.29, 0.717) is 6.04 Å². The Morgan fingerprint density at radius 3 is 2.57 bits per heavy atom. The third-order valence-electron chi connectivity index (χ3n) is 2.78. The van der Waals surface area contributed by atoms with E-state index in [9.17, 15) is 0 Å². The smallest absolute Gasteiger partial charge is 0.00470 e. The Morgan fingerprint density at radius 2 is 1.93 bits per heavy atom. The highest BCUT2D eigenvalue weighted by molar-refractivity contribution is 7.99. The van der Waals surface area contributed by atoms with Crippen molar-refractivity contribution < 1.29 is 0 Å². The zero-order chi connectivity index (χ0) is 10.2. The van der Waals surface area contributed by atoms with Crippen LogP contribution in [0.2, 0.25) is 0 Å². The topological polar surface area (TPSA) is 12.0 Å². The zero-order valence-corrected chi connectivity index (χ0v) is 10.5. The Morgan fingerprint density at radius 1 is 1.21 bits per heavy atom. The summed E-state index contributed by atoms with van der Waals surface area (Å²) < 4.78 is 0. The van der Waals surface area contributed by atoms with Crippen LogP contribution in [-0.4, -0.2) is 23.6 Å². The van der Waals surface area contributed by atoms with Crippen molar-refractivity contribution in [3.05, 3.63) is 0 Å². The molecule has 1 rings (SSSR count). The number of rotatable bonds is 6. The van der Waals surface area contributed by atoms with Crippen LogP contribution in [0.5, 0.6) is 0 Å². The molecule has 0 atom stereocenters. The number of nitrogens with one attached hydrogen (secondary N) is 1. The van der Waals surface area contributed by atoms with Crippen LogP contribution in [0.4, 0.5) is 0 Å². The van der Waals surface area contributed by atoms with Crippen LogP contribution in [0.15, 0.2) is 0 Å². The van der Waals surface area contributed by atoms with E-state index >= 15 is 0 Å². The molecular weight excluding hydrogens is 190 g/mol. The first-order valence-electron chi connectivity index (χ1n) is 6.14. The largest absolute Gasteiger partial charge is 0.315 e. The normalized spacial score (nSPS) is 19.1. The summed E-state index contributed by atoms with van der Waals surface area (Å²) in [6.07, 6.45) is 8.71. The van der Waals surface area contributed by atoms with Crippen molar-refractivity contribution in [2.75, 3.05) is 12.3 Å². The second-order valence-electron chi connectivity index (χ2n) is 4.59. The van der Waals surface area contributed by atoms with Crippen LogP contribution in [0.1, 0.15) is 52.4 Å². The molecule has 0 aromatic carbocycles. The Balaban J connectivity index is 1.87. The summed E-state index contributed by atoms with van der Waals surface area (Å²) in [6, 6.07) is 0.648. The van der Waals surface area contributed by atoms with Crippen LogP contribution in [-0.2, 0) is 0 Å². The third kappa shape index (κ3) is 5.92. The molecule has 84 valence electrons. The predicted molar refractivity (Wildman–Crippen MR) is 67.1 cm³/mol. The van der Waals surface area contributed by atoms with Gasteiger partial charge in [-0.1, -0.05) is 33.1 Å². The molecule has 1 saturated carbocycles. The number of hydrogen-bond donors (Lipinski definition) is 1. The van der Waals surface area contributed by atoms with Gasteiger partial charge in [0.1, 0.15) is 0 Å². The van der Waals surface area contributed by atoms with E-state index in [1.165, 1.54) is 50.8 Å². The Kier molecular flexibility index (Phi) is 6.70. The minimum atomic E-state index is 0.648. The minimum absolute atomic E-state index is 0.648. The molecule has 0 spiro atoms. The summed E-state index contributed by atoms with van der Waals surface area (Å²) in [5.41, 5.74) is 0. The molecule has 0 amide bonds. The van der Waals surface area contributed by atoms with Gasteiger partial charge in [0.15, 0.2) is 0 Å². The van der Waals surface area contributed by atoms with Gasteiger partial charge >= 0.3 is 0 Å². The summed E-state index contributed by atoms with van der Waals surface area (Å²) in [4.78, 5) is 0. The Hall–Kier alpha value is 0.310. The second-order valence-corrected chi connectivity index (χ2v) is 6.00. The summed E-state index contributed by atoms with van der Waals surface area (Å²) in [5, 5.41) is 4.46. The van der Waals surface area contributed by atoms with E-state index in [1.807, 2.05) is 0 Å². The lowest BCUT2D eigenvalue weighted by molar-refractivity contribution is 0.515. The fraction of sp³-hybridized carbons (Fsp3) is 1.00. The van der Waals surface area contributed by atoms with Crippen LogP contribution < -0.4 is 5.32 Å². The van der Waals surface area contributed by atoms with Gasteiger partial charge in [-0.25, -0.2) is 0 Å². The van der Waals surface area contributed by atoms with Crippen molar-refractivity contribution in [3.63, 3.8) is 0 Å². The van der Waals surface area contributed by atoms with Crippen LogP contribution in [0.25, 0.3) is 0 Å². The van der Waals surface area contributed by atoms with Gasteiger partial charge in [0.25, 0.3) is 0 Å². The van der Waals surface area contributed by atoms with Gasteiger partial charge < -0.3 is 5.32 Å². The quantitative estimate of drug-likeness (QED) is 0.681. The minimum Gasteiger partial charge on any atom is -0.315 e. The molecular formula is C12H25NS. The first-order chi connectivity index (χ1) is 6.79. The van der Waals surface area contributed by atoms with E-state index in [1.54, 1.807) is 0 Å². The maximum absolute atomic E-state index is 3.47. The average Bonchev–Trinajstić information content (AvgIpc) is 2.18. The highest BCUT2D eigenvalue weighted by Gasteiger charge is 2.12. The standard InChI is InChI=1S/C12H25NS/c1-11(2)13-9-6-10-14-12-7-4-3-5-8-12/h11-13H,3-10H2,1-2H3. The van der Waals surface area contributed by atoms with Gasteiger partial charge in [-0.2, -0.15) is 11.8 Å². The second kappa shape index (κ2) is 7.58. The van der Waals surface area contributed by atoms with Crippen LogP contribution in [0, 0.1) is 0 Å². The fourth-order valence-corrected chi connectivity index (χ4v) is 3.26. The van der Waals surface area contributed by atoms with E-state index in [4.69, 9.17) is 0 Å². The zero-order valence-electron chi connectivity index (χ0n) is 9.72. The molecule has 1 N–H and O–H groups in total. The fourth-order valence-electron chi connectivity index (χ4n) is 1.94. The van der Waals surface area contributed by atoms with E-state index < -0.39 is 0 Å². The van der Waals surface area contributed by atoms with Gasteiger partial charge in [0.05, 0.1) is 0 Å². The Bertz CT molecular complexity index is 130. The SMILES string of the molecule is CC(C)NCCCSC1CCCCC1.